The molecule has 1 aliphatic carbocycles. The van der Waals surface area contributed by atoms with E-state index in [1.54, 1.807) is 6.26 Å². The van der Waals surface area contributed by atoms with Crippen LogP contribution in [-0.4, -0.2) is 18.0 Å². The summed E-state index contributed by atoms with van der Waals surface area (Å²) in [7, 11) is 0. The molecule has 3 N–H and O–H groups in total. The van der Waals surface area contributed by atoms with E-state index in [1.165, 1.54) is 11.1 Å². The fourth-order valence-corrected chi connectivity index (χ4v) is 3.19. The summed E-state index contributed by atoms with van der Waals surface area (Å²) < 4.78 is 5.59. The van der Waals surface area contributed by atoms with E-state index in [0.717, 1.165) is 42.2 Å². The molecule has 4 nitrogen and oxygen atoms in total. The van der Waals surface area contributed by atoms with E-state index in [1.807, 2.05) is 6.07 Å². The molecule has 0 unspecified atom stereocenters. The molecule has 0 bridgehead atoms. The van der Waals surface area contributed by atoms with Crippen LogP contribution in [0.15, 0.2) is 22.8 Å². The molecular weight excluding hydrogens is 276 g/mol. The van der Waals surface area contributed by atoms with Crippen LogP contribution in [0.1, 0.15) is 42.4 Å². The smallest absolute Gasteiger partial charge is 0.224 e. The number of nitrogens with two attached hydrogens (primary N) is 1. The van der Waals surface area contributed by atoms with E-state index >= 15 is 0 Å². The van der Waals surface area contributed by atoms with Crippen molar-refractivity contribution in [1.82, 2.24) is 5.32 Å². The molecule has 118 valence electrons. The number of hydrogen-bond donors (Lipinski definition) is 2. The first-order valence-corrected chi connectivity index (χ1v) is 8.05. The minimum atomic E-state index is 0.0707. The number of aryl methyl sites for hydroxylation is 2. The summed E-state index contributed by atoms with van der Waals surface area (Å²) in [6.07, 6.45) is 6.04. The van der Waals surface area contributed by atoms with E-state index in [2.05, 4.69) is 25.2 Å². The summed E-state index contributed by atoms with van der Waals surface area (Å²) in [5.41, 5.74) is 10.1. The SMILES string of the molecule is Cc1cc2occ(CC(=O)NC3CCC(N)CC3)c2cc1C. The summed E-state index contributed by atoms with van der Waals surface area (Å²) in [5, 5.41) is 4.18. The molecule has 2 aromatic rings. The van der Waals surface area contributed by atoms with Crippen LogP contribution in [-0.2, 0) is 11.2 Å². The molecule has 1 fully saturated rings. The van der Waals surface area contributed by atoms with Crippen LogP contribution in [0.25, 0.3) is 11.0 Å². The highest BCUT2D eigenvalue weighted by Crippen LogP contribution is 2.25. The molecule has 22 heavy (non-hydrogen) atoms. The van der Waals surface area contributed by atoms with E-state index in [9.17, 15) is 4.79 Å². The molecule has 0 radical (unpaired) electrons. The van der Waals surface area contributed by atoms with Gasteiger partial charge in [0.15, 0.2) is 0 Å². The van der Waals surface area contributed by atoms with Crippen molar-refractivity contribution >= 4 is 16.9 Å². The first-order valence-electron chi connectivity index (χ1n) is 8.05. The van der Waals surface area contributed by atoms with Gasteiger partial charge in [-0.3, -0.25) is 4.79 Å². The van der Waals surface area contributed by atoms with Crippen LogP contribution >= 0.6 is 0 Å². The zero-order valence-corrected chi connectivity index (χ0v) is 13.3. The Bertz CT molecular complexity index is 682. The van der Waals surface area contributed by atoms with Gasteiger partial charge in [0.2, 0.25) is 5.91 Å². The van der Waals surface area contributed by atoms with Crippen molar-refractivity contribution in [2.24, 2.45) is 5.73 Å². The maximum Gasteiger partial charge on any atom is 0.224 e. The Morgan fingerprint density at radius 3 is 2.64 bits per heavy atom. The van der Waals surface area contributed by atoms with Crippen molar-refractivity contribution in [2.45, 2.75) is 58.0 Å². The number of carbonyl (C=O) groups excluding carboxylic acids is 1. The van der Waals surface area contributed by atoms with Crippen molar-refractivity contribution in [3.05, 3.63) is 35.1 Å². The van der Waals surface area contributed by atoms with E-state index in [4.69, 9.17) is 10.2 Å². The second-order valence-electron chi connectivity index (χ2n) is 6.55. The van der Waals surface area contributed by atoms with Crippen molar-refractivity contribution < 1.29 is 9.21 Å². The largest absolute Gasteiger partial charge is 0.464 e. The minimum Gasteiger partial charge on any atom is -0.464 e. The summed E-state index contributed by atoms with van der Waals surface area (Å²) in [4.78, 5) is 12.3. The monoisotopic (exact) mass is 300 g/mol. The standard InChI is InChI=1S/C18H24N2O2/c1-11-7-16-13(10-22-17(16)8-12(11)2)9-18(21)20-15-5-3-14(19)4-6-15/h7-8,10,14-15H,3-6,9,19H2,1-2H3,(H,20,21). The normalized spacial score (nSPS) is 22.0. The molecule has 0 spiro atoms. The van der Waals surface area contributed by atoms with E-state index in [0.29, 0.717) is 12.5 Å². The molecule has 0 saturated heterocycles. The van der Waals surface area contributed by atoms with E-state index < -0.39 is 0 Å². The Labute approximate surface area is 131 Å². The summed E-state index contributed by atoms with van der Waals surface area (Å²) in [5.74, 6) is 0.0707. The highest BCUT2D eigenvalue weighted by atomic mass is 16.3. The van der Waals surface area contributed by atoms with Crippen molar-refractivity contribution in [1.29, 1.82) is 0 Å². The molecule has 3 rings (SSSR count). The Hall–Kier alpha value is -1.81. The second kappa shape index (κ2) is 6.13. The zero-order valence-electron chi connectivity index (χ0n) is 13.3. The minimum absolute atomic E-state index is 0.0707. The van der Waals surface area contributed by atoms with Gasteiger partial charge in [-0.25, -0.2) is 0 Å². The van der Waals surface area contributed by atoms with Gasteiger partial charge in [0.05, 0.1) is 12.7 Å². The average Bonchev–Trinajstić information content (AvgIpc) is 2.84. The lowest BCUT2D eigenvalue weighted by Gasteiger charge is -2.26. The number of hydrogen-bond acceptors (Lipinski definition) is 3. The van der Waals surface area contributed by atoms with Gasteiger partial charge in [0.25, 0.3) is 0 Å². The summed E-state index contributed by atoms with van der Waals surface area (Å²) >= 11 is 0. The Morgan fingerprint density at radius 2 is 1.91 bits per heavy atom. The fourth-order valence-electron chi connectivity index (χ4n) is 3.19. The molecule has 4 heteroatoms. The Balaban J connectivity index is 1.68. The molecule has 0 aliphatic heterocycles. The molecule has 1 aliphatic rings. The molecule has 1 saturated carbocycles. The molecular formula is C18H24N2O2. The molecule has 1 heterocycles. The number of rotatable bonds is 3. The van der Waals surface area contributed by atoms with Gasteiger partial charge < -0.3 is 15.5 Å². The van der Waals surface area contributed by atoms with Crippen molar-refractivity contribution in [3.8, 4) is 0 Å². The van der Waals surface area contributed by atoms with Gasteiger partial charge in [-0.05, 0) is 62.8 Å². The topological polar surface area (TPSA) is 68.3 Å². The van der Waals surface area contributed by atoms with Gasteiger partial charge in [-0.15, -0.1) is 0 Å². The molecule has 0 atom stereocenters. The van der Waals surface area contributed by atoms with Gasteiger partial charge in [-0.2, -0.15) is 0 Å². The number of furan rings is 1. The van der Waals surface area contributed by atoms with Gasteiger partial charge in [0.1, 0.15) is 5.58 Å². The lowest BCUT2D eigenvalue weighted by molar-refractivity contribution is -0.121. The van der Waals surface area contributed by atoms with Gasteiger partial charge >= 0.3 is 0 Å². The summed E-state index contributed by atoms with van der Waals surface area (Å²) in [6.45, 7) is 4.15. The lowest BCUT2D eigenvalue weighted by Crippen LogP contribution is -2.41. The first kappa shape index (κ1) is 15.1. The third-order valence-corrected chi connectivity index (χ3v) is 4.76. The number of carbonyl (C=O) groups is 1. The molecule has 1 aromatic heterocycles. The Morgan fingerprint density at radius 1 is 1.23 bits per heavy atom. The third kappa shape index (κ3) is 3.17. The first-order chi connectivity index (χ1) is 10.5. The predicted octanol–water partition coefficient (Wildman–Crippen LogP) is 2.98. The Kier molecular flexibility index (Phi) is 4.21. The number of benzene rings is 1. The highest BCUT2D eigenvalue weighted by molar-refractivity contribution is 5.88. The van der Waals surface area contributed by atoms with E-state index in [-0.39, 0.29) is 11.9 Å². The zero-order chi connectivity index (χ0) is 15.7. The highest BCUT2D eigenvalue weighted by Gasteiger charge is 2.20. The number of amides is 1. The quantitative estimate of drug-likeness (QED) is 0.915. The maximum absolute atomic E-state index is 12.3. The van der Waals surface area contributed by atoms with Crippen LogP contribution < -0.4 is 11.1 Å². The average molecular weight is 300 g/mol. The van der Waals surface area contributed by atoms with Gasteiger partial charge in [0, 0.05) is 23.0 Å². The fraction of sp³-hybridized carbons (Fsp3) is 0.500. The third-order valence-electron chi connectivity index (χ3n) is 4.76. The van der Waals surface area contributed by atoms with Crippen LogP contribution in [0, 0.1) is 13.8 Å². The van der Waals surface area contributed by atoms with Gasteiger partial charge in [-0.1, -0.05) is 0 Å². The predicted molar refractivity (Wildman–Crippen MR) is 87.8 cm³/mol. The number of fused-ring (bicyclic) bond motifs is 1. The van der Waals surface area contributed by atoms with Crippen LogP contribution in [0.2, 0.25) is 0 Å². The second-order valence-corrected chi connectivity index (χ2v) is 6.55. The number of nitrogens with one attached hydrogen (secondary N) is 1. The molecule has 1 aromatic carbocycles. The van der Waals surface area contributed by atoms with Crippen LogP contribution in [0.5, 0.6) is 0 Å². The van der Waals surface area contributed by atoms with Crippen LogP contribution in [0.3, 0.4) is 0 Å². The van der Waals surface area contributed by atoms with Crippen molar-refractivity contribution in [3.63, 3.8) is 0 Å². The van der Waals surface area contributed by atoms with Crippen LogP contribution in [0.4, 0.5) is 0 Å². The lowest BCUT2D eigenvalue weighted by atomic mass is 9.91. The molecule has 1 amide bonds. The van der Waals surface area contributed by atoms with Crippen molar-refractivity contribution in [2.75, 3.05) is 0 Å². The summed E-state index contributed by atoms with van der Waals surface area (Å²) in [6, 6.07) is 4.72. The maximum atomic E-state index is 12.3.